The number of aliphatic hydroxyl groups excluding tert-OH is 1. The highest BCUT2D eigenvalue weighted by molar-refractivity contribution is 7.15. The van der Waals surface area contributed by atoms with Gasteiger partial charge < -0.3 is 30.1 Å². The van der Waals surface area contributed by atoms with Crippen LogP contribution < -0.4 is 15.4 Å². The minimum atomic E-state index is -1.04. The lowest BCUT2D eigenvalue weighted by molar-refractivity contribution is -0.144. The number of β-amino-alcohol motifs (C(OH)–C–C–N with tert-alkyl or cyclic N) is 1. The fourth-order valence-electron chi connectivity index (χ4n) is 8.47. The van der Waals surface area contributed by atoms with Crippen LogP contribution in [0.1, 0.15) is 97.1 Å². The van der Waals surface area contributed by atoms with Crippen LogP contribution in [0.25, 0.3) is 26.6 Å². The molecule has 17 nitrogen and oxygen atoms in total. The Morgan fingerprint density at radius 3 is 2.22 bits per heavy atom. The first kappa shape index (κ1) is 47.8. The Morgan fingerprint density at radius 2 is 1.57 bits per heavy atom. The van der Waals surface area contributed by atoms with E-state index in [4.69, 9.17) is 14.5 Å². The van der Waals surface area contributed by atoms with Crippen molar-refractivity contribution in [3.63, 3.8) is 0 Å². The van der Waals surface area contributed by atoms with Gasteiger partial charge in [-0.25, -0.2) is 15.0 Å². The quantitative estimate of drug-likeness (QED) is 0.108. The third-order valence-electron chi connectivity index (χ3n) is 12.3. The zero-order valence-corrected chi connectivity index (χ0v) is 41.0. The second kappa shape index (κ2) is 19.5. The number of aromatic nitrogens is 6. The number of methoxy groups -OCH3 is 1. The minimum Gasteiger partial charge on any atom is -0.469 e. The smallest absolute Gasteiger partial charge is 0.316 e. The van der Waals surface area contributed by atoms with Gasteiger partial charge in [0, 0.05) is 46.9 Å². The first-order valence-corrected chi connectivity index (χ1v) is 23.9. The molecule has 0 spiro atoms. The van der Waals surface area contributed by atoms with E-state index in [0.717, 1.165) is 59.5 Å². The summed E-state index contributed by atoms with van der Waals surface area (Å²) >= 11 is 3.20. The summed E-state index contributed by atoms with van der Waals surface area (Å²) < 4.78 is 12.7. The predicted octanol–water partition coefficient (Wildman–Crippen LogP) is 6.35. The molecule has 1 fully saturated rings. The zero-order valence-electron chi connectivity index (χ0n) is 39.4. The number of hydrogen-bond donors (Lipinski definition) is 3. The van der Waals surface area contributed by atoms with Crippen LogP contribution >= 0.6 is 22.7 Å². The maximum absolute atomic E-state index is 14.2. The number of aliphatic hydroxyl groups is 1. The molecule has 0 saturated carbocycles. The number of nitrogens with zero attached hydrogens (tertiary/aromatic N) is 8. The van der Waals surface area contributed by atoms with Crippen molar-refractivity contribution in [1.29, 1.82) is 0 Å². The molecule has 4 aromatic heterocycles. The molecule has 1 saturated heterocycles. The van der Waals surface area contributed by atoms with Crippen LogP contribution in [0.5, 0.6) is 6.01 Å². The zero-order chi connectivity index (χ0) is 48.6. The molecule has 2 aromatic carbocycles. The van der Waals surface area contributed by atoms with Crippen molar-refractivity contribution in [1.82, 2.24) is 45.2 Å². The van der Waals surface area contributed by atoms with Gasteiger partial charge in [-0.05, 0) is 62.3 Å². The van der Waals surface area contributed by atoms with E-state index in [1.807, 2.05) is 100 Å². The largest absolute Gasteiger partial charge is 0.469 e. The van der Waals surface area contributed by atoms with Crippen molar-refractivity contribution in [3.05, 3.63) is 111 Å². The van der Waals surface area contributed by atoms with Gasteiger partial charge in [0.2, 0.25) is 11.8 Å². The van der Waals surface area contributed by atoms with Crippen molar-refractivity contribution >= 4 is 52.1 Å². The maximum atomic E-state index is 14.2. The van der Waals surface area contributed by atoms with Gasteiger partial charge in [0.05, 0.1) is 47.5 Å². The number of aryl methyl sites for hydroxylation is 3. The molecular weight excluding hydrogens is 905 g/mol. The highest BCUT2D eigenvalue weighted by atomic mass is 32.1. The summed E-state index contributed by atoms with van der Waals surface area (Å²) in [5, 5.41) is 26.2. The first-order valence-electron chi connectivity index (χ1n) is 22.2. The Hall–Kier alpha value is -6.70. The minimum absolute atomic E-state index is 0.00220. The van der Waals surface area contributed by atoms with Crippen LogP contribution in [0.4, 0.5) is 0 Å². The number of nitrogens with one attached hydrogen (secondary N) is 2. The van der Waals surface area contributed by atoms with E-state index in [9.17, 15) is 24.3 Å². The number of carbonyl (C=O) groups is 4. The van der Waals surface area contributed by atoms with Gasteiger partial charge >= 0.3 is 12.0 Å². The lowest BCUT2D eigenvalue weighted by Gasteiger charge is -2.35. The van der Waals surface area contributed by atoms with Crippen LogP contribution in [0.15, 0.2) is 71.4 Å². The number of likely N-dealkylation sites (tertiary alicyclic amines) is 1. The number of amides is 3. The van der Waals surface area contributed by atoms with Gasteiger partial charge in [0.25, 0.3) is 5.91 Å². The van der Waals surface area contributed by atoms with Gasteiger partial charge in [-0.1, -0.05) is 69.3 Å². The number of fused-ring (bicyclic) bond motifs is 3. The Labute approximate surface area is 402 Å². The third kappa shape index (κ3) is 9.82. The average Bonchev–Trinajstić information content (AvgIpc) is 4.09. The molecule has 0 radical (unpaired) electrons. The van der Waals surface area contributed by atoms with Gasteiger partial charge in [-0.3, -0.25) is 28.7 Å². The molecule has 8 rings (SSSR count). The standard InChI is InChI=1S/C49H54N10O7S2/c1-25-28(4)68-47-40(25)41(54-36(19-39(62)65-9)44-57-56-29(5)59(44)47)32-14-12-31(13-15-32)34-20-50-48(51-21-34)66-23-38(61)55-43(49(6,7)8)46(64)58-22-35(60)18-37(58)45(63)53-26(2)30-10-16-33(17-11-30)42-27(3)52-24-67-42/h10-17,20-21,24,26,35-37,43,60H,18-19,22-23H2,1-9H3,(H,53,63)(H,55,61)/t26-,35+,36-,37-,43+/m0/s1. The van der Waals surface area contributed by atoms with Crippen molar-refractivity contribution in [3.8, 4) is 32.6 Å². The Bertz CT molecular complexity index is 2880. The highest BCUT2D eigenvalue weighted by Crippen LogP contribution is 2.40. The molecule has 3 N–H and O–H groups in total. The van der Waals surface area contributed by atoms with Gasteiger partial charge in [0.15, 0.2) is 12.4 Å². The van der Waals surface area contributed by atoms with Crippen LogP contribution in [-0.4, -0.2) is 108 Å². The van der Waals surface area contributed by atoms with Crippen LogP contribution in [-0.2, 0) is 23.9 Å². The van der Waals surface area contributed by atoms with E-state index < -0.39 is 59.9 Å². The molecule has 68 heavy (non-hydrogen) atoms. The molecule has 3 amide bonds. The number of benzene rings is 2. The number of thiazole rings is 1. The number of thiophene rings is 1. The van der Waals surface area contributed by atoms with E-state index in [1.54, 1.807) is 35.1 Å². The fraction of sp³-hybridized carbons (Fsp3) is 0.388. The van der Waals surface area contributed by atoms with Gasteiger partial charge in [-0.2, -0.15) is 0 Å². The van der Waals surface area contributed by atoms with Crippen molar-refractivity contribution in [2.75, 3.05) is 20.3 Å². The van der Waals surface area contributed by atoms with Gasteiger partial charge in [0.1, 0.15) is 29.0 Å². The van der Waals surface area contributed by atoms with Crippen molar-refractivity contribution < 1.29 is 33.8 Å². The predicted molar refractivity (Wildman–Crippen MR) is 258 cm³/mol. The monoisotopic (exact) mass is 958 g/mol. The summed E-state index contributed by atoms with van der Waals surface area (Å²) in [5.74, 6) is -0.600. The second-order valence-electron chi connectivity index (χ2n) is 18.2. The maximum Gasteiger partial charge on any atom is 0.316 e. The molecule has 0 unspecified atom stereocenters. The molecule has 354 valence electrons. The molecular formula is C49H54N10O7S2. The molecule has 2 aliphatic heterocycles. The second-order valence-corrected chi connectivity index (χ2v) is 20.2. The topological polar surface area (TPSA) is 216 Å². The fourth-order valence-corrected chi connectivity index (χ4v) is 10.5. The molecule has 6 heterocycles. The van der Waals surface area contributed by atoms with E-state index in [-0.39, 0.29) is 31.4 Å². The molecule has 5 atom stereocenters. The summed E-state index contributed by atoms with van der Waals surface area (Å²) in [6, 6.07) is 12.7. The molecule has 2 aliphatic rings. The number of hydrogen-bond acceptors (Lipinski definition) is 15. The Balaban J connectivity index is 0.905. The highest BCUT2D eigenvalue weighted by Gasteiger charge is 2.45. The summed E-state index contributed by atoms with van der Waals surface area (Å²) in [5.41, 5.74) is 9.05. The first-order chi connectivity index (χ1) is 32.4. The van der Waals surface area contributed by atoms with Crippen LogP contribution in [0, 0.1) is 33.1 Å². The number of carbonyl (C=O) groups excluding carboxylic acids is 4. The summed E-state index contributed by atoms with van der Waals surface area (Å²) in [4.78, 5) is 75.6. The van der Waals surface area contributed by atoms with Crippen LogP contribution in [0.3, 0.4) is 0 Å². The molecule has 6 aromatic rings. The van der Waals surface area contributed by atoms with Crippen molar-refractivity contribution in [2.24, 2.45) is 10.4 Å². The lowest BCUT2D eigenvalue weighted by Crippen LogP contribution is -2.58. The van der Waals surface area contributed by atoms with Crippen LogP contribution in [0.2, 0.25) is 0 Å². The summed E-state index contributed by atoms with van der Waals surface area (Å²) in [7, 11) is 1.35. The Kier molecular flexibility index (Phi) is 13.7. The lowest BCUT2D eigenvalue weighted by atomic mass is 9.85. The number of rotatable bonds is 13. The SMILES string of the molecule is COC(=O)C[C@@H]1N=C(c2ccc(-c3cnc(OCC(=O)N[C@H](C(=O)N4C[C@H](O)C[C@H]4C(=O)N[C@@H](C)c4ccc(-c5scnc5C)cc4)C(C)(C)C)nc3)cc2)c2c(sc(C)c2C)-n2c(C)nnc21. The van der Waals surface area contributed by atoms with Gasteiger partial charge in [-0.15, -0.1) is 32.9 Å². The van der Waals surface area contributed by atoms with E-state index >= 15 is 0 Å². The van der Waals surface area contributed by atoms with E-state index in [2.05, 4.69) is 49.6 Å². The molecule has 0 aliphatic carbocycles. The number of esters is 1. The molecule has 19 heteroatoms. The molecule has 0 bridgehead atoms. The number of aliphatic imine (C=N–C) groups is 1. The normalized spacial score (nSPS) is 17.6. The number of ether oxygens (including phenoxy) is 2. The van der Waals surface area contributed by atoms with Crippen molar-refractivity contribution in [2.45, 2.75) is 98.5 Å². The third-order valence-corrected chi connectivity index (χ3v) is 14.5. The summed E-state index contributed by atoms with van der Waals surface area (Å²) in [6.07, 6.45) is 2.34. The summed E-state index contributed by atoms with van der Waals surface area (Å²) in [6.45, 7) is 14.8. The Morgan fingerprint density at radius 1 is 0.897 bits per heavy atom. The van der Waals surface area contributed by atoms with E-state index in [1.165, 1.54) is 12.0 Å². The van der Waals surface area contributed by atoms with E-state index in [0.29, 0.717) is 17.2 Å². The average molecular weight is 959 g/mol.